The van der Waals surface area contributed by atoms with Crippen molar-refractivity contribution < 1.29 is 0 Å². The summed E-state index contributed by atoms with van der Waals surface area (Å²) in [5.74, 6) is 0. The molecule has 2 nitrogen and oxygen atoms in total. The summed E-state index contributed by atoms with van der Waals surface area (Å²) in [6, 6.07) is 16.1. The molecule has 0 atom stereocenters. The van der Waals surface area contributed by atoms with E-state index in [4.69, 9.17) is 0 Å². The fraction of sp³-hybridized carbons (Fsp3) is 0.368. The predicted octanol–water partition coefficient (Wildman–Crippen LogP) is 4.01. The number of hydrogen-bond donors (Lipinski definition) is 1. The standard InChI is InChI=1S/C19H24N2/c1-14(2)20-11-16-8-9-19(15(3)10-16)21-12-17-6-4-5-7-18(17)13-21/h4-10,14,20H,11-13H2,1-3H3. The van der Waals surface area contributed by atoms with Crippen molar-refractivity contribution in [3.8, 4) is 0 Å². The molecule has 2 aromatic carbocycles. The number of anilines is 1. The van der Waals surface area contributed by atoms with Crippen molar-refractivity contribution in [1.82, 2.24) is 5.32 Å². The van der Waals surface area contributed by atoms with Crippen LogP contribution in [0.1, 0.15) is 36.1 Å². The second-order valence-electron chi connectivity index (χ2n) is 6.28. The highest BCUT2D eigenvalue weighted by Gasteiger charge is 2.19. The lowest BCUT2D eigenvalue weighted by atomic mass is 10.1. The minimum Gasteiger partial charge on any atom is -0.363 e. The molecule has 0 fully saturated rings. The SMILES string of the molecule is Cc1cc(CNC(C)C)ccc1N1Cc2ccccc2C1. The highest BCUT2D eigenvalue weighted by Crippen LogP contribution is 2.30. The van der Waals surface area contributed by atoms with E-state index in [0.717, 1.165) is 19.6 Å². The average Bonchev–Trinajstić information content (AvgIpc) is 2.88. The third kappa shape index (κ3) is 3.11. The molecular formula is C19H24N2. The van der Waals surface area contributed by atoms with Crippen molar-refractivity contribution in [1.29, 1.82) is 0 Å². The smallest absolute Gasteiger partial charge is 0.0436 e. The molecule has 0 saturated carbocycles. The molecule has 0 aliphatic carbocycles. The molecule has 0 saturated heterocycles. The Morgan fingerprint density at radius 2 is 1.71 bits per heavy atom. The number of fused-ring (bicyclic) bond motifs is 1. The second kappa shape index (κ2) is 5.90. The van der Waals surface area contributed by atoms with Crippen LogP contribution in [0.2, 0.25) is 0 Å². The Balaban J connectivity index is 1.75. The second-order valence-corrected chi connectivity index (χ2v) is 6.28. The molecule has 2 aromatic rings. The predicted molar refractivity (Wildman–Crippen MR) is 89.5 cm³/mol. The molecular weight excluding hydrogens is 256 g/mol. The fourth-order valence-corrected chi connectivity index (χ4v) is 3.01. The third-order valence-corrected chi connectivity index (χ3v) is 4.16. The van der Waals surface area contributed by atoms with Crippen molar-refractivity contribution in [3.05, 3.63) is 64.7 Å². The van der Waals surface area contributed by atoms with Crippen molar-refractivity contribution in [2.75, 3.05) is 4.90 Å². The molecule has 0 aromatic heterocycles. The highest BCUT2D eigenvalue weighted by atomic mass is 15.1. The molecule has 0 spiro atoms. The molecule has 0 bridgehead atoms. The lowest BCUT2D eigenvalue weighted by Gasteiger charge is -2.21. The lowest BCUT2D eigenvalue weighted by molar-refractivity contribution is 0.588. The Labute approximate surface area is 127 Å². The molecule has 1 aliphatic heterocycles. The number of benzene rings is 2. The van der Waals surface area contributed by atoms with Gasteiger partial charge in [0.15, 0.2) is 0 Å². The van der Waals surface area contributed by atoms with Gasteiger partial charge in [-0.3, -0.25) is 0 Å². The van der Waals surface area contributed by atoms with E-state index in [1.807, 2.05) is 0 Å². The average molecular weight is 280 g/mol. The van der Waals surface area contributed by atoms with Crippen LogP contribution in [0, 0.1) is 6.92 Å². The van der Waals surface area contributed by atoms with E-state index in [1.54, 1.807) is 0 Å². The largest absolute Gasteiger partial charge is 0.363 e. The van der Waals surface area contributed by atoms with Crippen LogP contribution in [0.15, 0.2) is 42.5 Å². The summed E-state index contributed by atoms with van der Waals surface area (Å²) in [6.45, 7) is 9.59. The Kier molecular flexibility index (Phi) is 3.98. The monoisotopic (exact) mass is 280 g/mol. The molecule has 3 rings (SSSR count). The van der Waals surface area contributed by atoms with Crippen LogP contribution in [0.4, 0.5) is 5.69 Å². The zero-order chi connectivity index (χ0) is 14.8. The van der Waals surface area contributed by atoms with E-state index in [9.17, 15) is 0 Å². The number of nitrogens with zero attached hydrogens (tertiary/aromatic N) is 1. The van der Waals surface area contributed by atoms with Crippen LogP contribution in [-0.4, -0.2) is 6.04 Å². The van der Waals surface area contributed by atoms with E-state index in [1.165, 1.54) is 27.9 Å². The van der Waals surface area contributed by atoms with E-state index in [-0.39, 0.29) is 0 Å². The lowest BCUT2D eigenvalue weighted by Crippen LogP contribution is -2.22. The van der Waals surface area contributed by atoms with E-state index in [2.05, 4.69) is 73.5 Å². The Bertz CT molecular complexity index is 606. The first-order valence-electron chi connectivity index (χ1n) is 7.78. The fourth-order valence-electron chi connectivity index (χ4n) is 3.01. The normalized spacial score (nSPS) is 13.8. The molecule has 21 heavy (non-hydrogen) atoms. The summed E-state index contributed by atoms with van der Waals surface area (Å²) in [4.78, 5) is 2.47. The first kappa shape index (κ1) is 14.2. The van der Waals surface area contributed by atoms with Gasteiger partial charge in [-0.1, -0.05) is 50.2 Å². The zero-order valence-electron chi connectivity index (χ0n) is 13.2. The highest BCUT2D eigenvalue weighted by molar-refractivity contribution is 5.57. The Morgan fingerprint density at radius 1 is 1.05 bits per heavy atom. The van der Waals surface area contributed by atoms with Crippen molar-refractivity contribution in [3.63, 3.8) is 0 Å². The molecule has 0 radical (unpaired) electrons. The van der Waals surface area contributed by atoms with Gasteiger partial charge in [-0.25, -0.2) is 0 Å². The number of rotatable bonds is 4. The third-order valence-electron chi connectivity index (χ3n) is 4.16. The van der Waals surface area contributed by atoms with Gasteiger partial charge in [0.05, 0.1) is 0 Å². The first-order valence-corrected chi connectivity index (χ1v) is 7.78. The summed E-state index contributed by atoms with van der Waals surface area (Å²) in [6.07, 6.45) is 0. The van der Waals surface area contributed by atoms with Crippen LogP contribution in [0.25, 0.3) is 0 Å². The summed E-state index contributed by atoms with van der Waals surface area (Å²) in [5.41, 5.74) is 7.01. The number of aryl methyl sites for hydroxylation is 1. The zero-order valence-corrected chi connectivity index (χ0v) is 13.2. The van der Waals surface area contributed by atoms with Gasteiger partial charge in [0.2, 0.25) is 0 Å². The summed E-state index contributed by atoms with van der Waals surface area (Å²) in [5, 5.41) is 3.48. The Morgan fingerprint density at radius 3 is 2.29 bits per heavy atom. The molecule has 0 unspecified atom stereocenters. The van der Waals surface area contributed by atoms with Gasteiger partial charge in [0.25, 0.3) is 0 Å². The maximum Gasteiger partial charge on any atom is 0.0436 e. The van der Waals surface area contributed by atoms with Crippen LogP contribution >= 0.6 is 0 Å². The van der Waals surface area contributed by atoms with Gasteiger partial charge in [-0.2, -0.15) is 0 Å². The summed E-state index contributed by atoms with van der Waals surface area (Å²) < 4.78 is 0. The maximum absolute atomic E-state index is 3.48. The van der Waals surface area contributed by atoms with Gasteiger partial charge < -0.3 is 10.2 Å². The summed E-state index contributed by atoms with van der Waals surface area (Å²) in [7, 11) is 0. The van der Waals surface area contributed by atoms with Gasteiger partial charge in [-0.15, -0.1) is 0 Å². The molecule has 1 heterocycles. The van der Waals surface area contributed by atoms with Crippen LogP contribution in [-0.2, 0) is 19.6 Å². The van der Waals surface area contributed by atoms with Gasteiger partial charge >= 0.3 is 0 Å². The van der Waals surface area contributed by atoms with Crippen LogP contribution in [0.5, 0.6) is 0 Å². The molecule has 110 valence electrons. The van der Waals surface area contributed by atoms with Crippen molar-refractivity contribution >= 4 is 5.69 Å². The van der Waals surface area contributed by atoms with Gasteiger partial charge in [-0.05, 0) is 35.2 Å². The van der Waals surface area contributed by atoms with Gasteiger partial charge in [0.1, 0.15) is 0 Å². The number of hydrogen-bond acceptors (Lipinski definition) is 2. The molecule has 1 aliphatic rings. The minimum absolute atomic E-state index is 0.526. The van der Waals surface area contributed by atoms with Crippen LogP contribution < -0.4 is 10.2 Å². The summed E-state index contributed by atoms with van der Waals surface area (Å²) >= 11 is 0. The number of nitrogens with one attached hydrogen (secondary N) is 1. The maximum atomic E-state index is 3.48. The first-order chi connectivity index (χ1) is 10.1. The molecule has 2 heteroatoms. The van der Waals surface area contributed by atoms with Crippen LogP contribution in [0.3, 0.4) is 0 Å². The van der Waals surface area contributed by atoms with E-state index >= 15 is 0 Å². The Hall–Kier alpha value is -1.80. The topological polar surface area (TPSA) is 15.3 Å². The van der Waals surface area contributed by atoms with E-state index < -0.39 is 0 Å². The van der Waals surface area contributed by atoms with Crippen molar-refractivity contribution in [2.24, 2.45) is 0 Å². The molecule has 1 N–H and O–H groups in total. The quantitative estimate of drug-likeness (QED) is 0.910. The van der Waals surface area contributed by atoms with Crippen molar-refractivity contribution in [2.45, 2.75) is 46.4 Å². The van der Waals surface area contributed by atoms with Gasteiger partial charge in [0, 0.05) is 31.4 Å². The van der Waals surface area contributed by atoms with E-state index in [0.29, 0.717) is 6.04 Å². The molecule has 0 amide bonds. The minimum atomic E-state index is 0.526.